The molecule has 1 aliphatic carbocycles. The van der Waals surface area contributed by atoms with Crippen LogP contribution in [0.4, 0.5) is 0 Å². The normalized spacial score (nSPS) is 32.0. The molecule has 1 unspecified atom stereocenters. The first-order valence-corrected chi connectivity index (χ1v) is 5.11. The van der Waals surface area contributed by atoms with Crippen LogP contribution in [-0.4, -0.2) is 10.3 Å². The summed E-state index contributed by atoms with van der Waals surface area (Å²) in [7, 11) is 0. The predicted octanol–water partition coefficient (Wildman–Crippen LogP) is 2.64. The Hall–Kier alpha value is 0.180. The molecule has 0 aromatic rings. The van der Waals surface area contributed by atoms with Crippen molar-refractivity contribution in [3.63, 3.8) is 0 Å². The van der Waals surface area contributed by atoms with Crippen molar-refractivity contribution >= 4 is 23.5 Å². The van der Waals surface area contributed by atoms with Gasteiger partial charge in [-0.05, 0) is 11.3 Å². The Labute approximate surface area is 63.8 Å². The second-order valence-electron chi connectivity index (χ2n) is 2.15. The average Bonchev–Trinajstić information content (AvgIpc) is 2.33. The minimum Gasteiger partial charge on any atom is -0.142 e. The molecule has 1 atom stereocenters. The maximum Gasteiger partial charge on any atom is 0.0443 e. The SMILES string of the molecule is C1=CCC2SCSC2=C1. The van der Waals surface area contributed by atoms with Crippen molar-refractivity contribution in [3.8, 4) is 0 Å². The van der Waals surface area contributed by atoms with Crippen LogP contribution in [0.15, 0.2) is 23.1 Å². The zero-order valence-corrected chi connectivity index (χ0v) is 6.67. The van der Waals surface area contributed by atoms with Gasteiger partial charge in [0.05, 0.1) is 0 Å². The Kier molecular flexibility index (Phi) is 1.60. The Morgan fingerprint density at radius 1 is 1.56 bits per heavy atom. The molecular weight excluding hydrogens is 148 g/mol. The average molecular weight is 156 g/mol. The highest BCUT2D eigenvalue weighted by molar-refractivity contribution is 8.21. The van der Waals surface area contributed by atoms with Crippen molar-refractivity contribution in [2.24, 2.45) is 0 Å². The highest BCUT2D eigenvalue weighted by atomic mass is 32.2. The van der Waals surface area contributed by atoms with Gasteiger partial charge >= 0.3 is 0 Å². The summed E-state index contributed by atoms with van der Waals surface area (Å²) in [6.45, 7) is 0. The Balaban J connectivity index is 2.23. The molecule has 1 fully saturated rings. The summed E-state index contributed by atoms with van der Waals surface area (Å²) in [5.74, 6) is 0. The van der Waals surface area contributed by atoms with Gasteiger partial charge in [0.2, 0.25) is 0 Å². The lowest BCUT2D eigenvalue weighted by Gasteiger charge is -2.08. The molecular formula is C7H8S2. The third-order valence-corrected chi connectivity index (χ3v) is 4.33. The predicted molar refractivity (Wildman–Crippen MR) is 45.7 cm³/mol. The number of thioether (sulfide) groups is 2. The van der Waals surface area contributed by atoms with Gasteiger partial charge in [-0.3, -0.25) is 0 Å². The van der Waals surface area contributed by atoms with Crippen molar-refractivity contribution in [1.29, 1.82) is 0 Å². The Morgan fingerprint density at radius 2 is 2.56 bits per heavy atom. The molecule has 1 heterocycles. The lowest BCUT2D eigenvalue weighted by molar-refractivity contribution is 1.05. The Bertz CT molecular complexity index is 170. The number of rotatable bonds is 0. The molecule has 0 N–H and O–H groups in total. The van der Waals surface area contributed by atoms with Crippen molar-refractivity contribution in [2.45, 2.75) is 11.7 Å². The Morgan fingerprint density at radius 3 is 3.44 bits per heavy atom. The maximum absolute atomic E-state index is 2.26. The molecule has 1 saturated heterocycles. The van der Waals surface area contributed by atoms with E-state index in [4.69, 9.17) is 0 Å². The first kappa shape index (κ1) is 5.93. The van der Waals surface area contributed by atoms with Gasteiger partial charge in [0, 0.05) is 10.3 Å². The minimum absolute atomic E-state index is 0.819. The van der Waals surface area contributed by atoms with Gasteiger partial charge in [0.25, 0.3) is 0 Å². The van der Waals surface area contributed by atoms with Crippen LogP contribution in [0.1, 0.15) is 6.42 Å². The number of hydrogen-bond donors (Lipinski definition) is 0. The van der Waals surface area contributed by atoms with Gasteiger partial charge in [-0.15, -0.1) is 23.5 Å². The molecule has 9 heavy (non-hydrogen) atoms. The molecule has 2 heteroatoms. The van der Waals surface area contributed by atoms with Crippen LogP contribution in [0, 0.1) is 0 Å². The maximum atomic E-state index is 2.26. The highest BCUT2D eigenvalue weighted by Gasteiger charge is 2.21. The van der Waals surface area contributed by atoms with Crippen LogP contribution < -0.4 is 0 Å². The fraction of sp³-hybridized carbons (Fsp3) is 0.429. The van der Waals surface area contributed by atoms with E-state index in [2.05, 4.69) is 30.0 Å². The van der Waals surface area contributed by atoms with Gasteiger partial charge in [0.15, 0.2) is 0 Å². The summed E-state index contributed by atoms with van der Waals surface area (Å²) in [6, 6.07) is 0. The molecule has 0 saturated carbocycles. The molecule has 0 aromatic heterocycles. The third-order valence-electron chi connectivity index (χ3n) is 1.56. The molecule has 0 aromatic carbocycles. The highest BCUT2D eigenvalue weighted by Crippen LogP contribution is 2.43. The first-order chi connectivity index (χ1) is 4.47. The van der Waals surface area contributed by atoms with E-state index in [0.29, 0.717) is 0 Å². The molecule has 2 rings (SSSR count). The summed E-state index contributed by atoms with van der Waals surface area (Å²) < 4.78 is 0. The fourth-order valence-electron chi connectivity index (χ4n) is 1.06. The second kappa shape index (κ2) is 2.43. The van der Waals surface area contributed by atoms with Crippen molar-refractivity contribution in [3.05, 3.63) is 23.1 Å². The lowest BCUT2D eigenvalue weighted by atomic mass is 10.2. The van der Waals surface area contributed by atoms with E-state index in [0.717, 1.165) is 5.25 Å². The van der Waals surface area contributed by atoms with E-state index in [-0.39, 0.29) is 0 Å². The van der Waals surface area contributed by atoms with Crippen LogP contribution in [0.5, 0.6) is 0 Å². The number of hydrogen-bond acceptors (Lipinski definition) is 2. The smallest absolute Gasteiger partial charge is 0.0443 e. The van der Waals surface area contributed by atoms with Gasteiger partial charge in [-0.1, -0.05) is 18.2 Å². The van der Waals surface area contributed by atoms with Crippen molar-refractivity contribution in [2.75, 3.05) is 5.08 Å². The summed E-state index contributed by atoms with van der Waals surface area (Å²) in [5.41, 5.74) is 0. The summed E-state index contributed by atoms with van der Waals surface area (Å²) in [4.78, 5) is 1.59. The van der Waals surface area contributed by atoms with Gasteiger partial charge in [0.1, 0.15) is 0 Å². The zero-order chi connectivity index (χ0) is 6.10. The van der Waals surface area contributed by atoms with Gasteiger partial charge in [-0.2, -0.15) is 0 Å². The molecule has 2 aliphatic rings. The lowest BCUT2D eigenvalue weighted by Crippen LogP contribution is -1.98. The quantitative estimate of drug-likeness (QED) is 0.529. The van der Waals surface area contributed by atoms with Crippen LogP contribution in [0.3, 0.4) is 0 Å². The summed E-state index contributed by atoms with van der Waals surface area (Å²) in [5, 5.41) is 2.08. The van der Waals surface area contributed by atoms with E-state index in [9.17, 15) is 0 Å². The zero-order valence-electron chi connectivity index (χ0n) is 5.04. The van der Waals surface area contributed by atoms with Gasteiger partial charge < -0.3 is 0 Å². The fourth-order valence-corrected chi connectivity index (χ4v) is 3.89. The molecule has 0 nitrogen and oxygen atoms in total. The van der Waals surface area contributed by atoms with E-state index >= 15 is 0 Å². The van der Waals surface area contributed by atoms with Crippen LogP contribution in [0.2, 0.25) is 0 Å². The van der Waals surface area contributed by atoms with Crippen LogP contribution in [0.25, 0.3) is 0 Å². The van der Waals surface area contributed by atoms with E-state index in [1.165, 1.54) is 11.5 Å². The molecule has 0 amide bonds. The first-order valence-electron chi connectivity index (χ1n) is 3.08. The monoisotopic (exact) mass is 156 g/mol. The van der Waals surface area contributed by atoms with Gasteiger partial charge in [-0.25, -0.2) is 0 Å². The van der Waals surface area contributed by atoms with Crippen LogP contribution >= 0.6 is 23.5 Å². The minimum atomic E-state index is 0.819. The summed E-state index contributed by atoms with van der Waals surface area (Å²) in [6.07, 6.45) is 7.93. The molecule has 48 valence electrons. The van der Waals surface area contributed by atoms with E-state index in [1.807, 2.05) is 11.8 Å². The molecule has 0 bridgehead atoms. The van der Waals surface area contributed by atoms with E-state index in [1.54, 1.807) is 4.91 Å². The van der Waals surface area contributed by atoms with Crippen molar-refractivity contribution < 1.29 is 0 Å². The standard InChI is InChI=1S/C7H8S2/c1-2-4-7-6(3-1)8-5-9-7/h1-3,7H,4-5H2. The van der Waals surface area contributed by atoms with E-state index < -0.39 is 0 Å². The number of fused-ring (bicyclic) bond motifs is 1. The summed E-state index contributed by atoms with van der Waals surface area (Å²) >= 11 is 4.07. The van der Waals surface area contributed by atoms with Crippen molar-refractivity contribution in [1.82, 2.24) is 0 Å². The van der Waals surface area contributed by atoms with Crippen LogP contribution in [-0.2, 0) is 0 Å². The largest absolute Gasteiger partial charge is 0.142 e. The number of allylic oxidation sites excluding steroid dienone is 3. The molecule has 0 radical (unpaired) electrons. The molecule has 1 aliphatic heterocycles. The second-order valence-corrected chi connectivity index (χ2v) is 4.76. The topological polar surface area (TPSA) is 0 Å². The molecule has 0 spiro atoms. The third kappa shape index (κ3) is 1.06.